The molecule has 88 valence electrons. The Bertz CT molecular complexity index is 392. The molecule has 1 heterocycles. The standard InChI is InChI=1S/C10H13BrN2O2S/c1-3-12-9(14)6(2)13-10(15)7-4-8(11)16-5-7/h4-6H,3H2,1-2H3,(H,12,14)(H,13,15). The normalized spacial score (nSPS) is 11.9. The van der Waals surface area contributed by atoms with Gasteiger partial charge in [-0.15, -0.1) is 11.3 Å². The van der Waals surface area contributed by atoms with Crippen molar-refractivity contribution in [3.8, 4) is 0 Å². The molecule has 0 aliphatic rings. The maximum Gasteiger partial charge on any atom is 0.252 e. The van der Waals surface area contributed by atoms with Crippen LogP contribution < -0.4 is 10.6 Å². The number of hydrogen-bond donors (Lipinski definition) is 2. The van der Waals surface area contributed by atoms with Gasteiger partial charge in [0.25, 0.3) is 5.91 Å². The molecule has 0 saturated carbocycles. The Kier molecular flexibility index (Phi) is 4.95. The Hall–Kier alpha value is -0.880. The highest BCUT2D eigenvalue weighted by Gasteiger charge is 2.16. The molecule has 0 aliphatic carbocycles. The summed E-state index contributed by atoms with van der Waals surface area (Å²) in [6.07, 6.45) is 0. The van der Waals surface area contributed by atoms with Crippen LogP contribution in [-0.4, -0.2) is 24.4 Å². The fourth-order valence-corrected chi connectivity index (χ4v) is 2.24. The van der Waals surface area contributed by atoms with Crippen LogP contribution in [0.3, 0.4) is 0 Å². The van der Waals surface area contributed by atoms with Gasteiger partial charge >= 0.3 is 0 Å². The Morgan fingerprint density at radius 2 is 2.25 bits per heavy atom. The molecule has 0 saturated heterocycles. The summed E-state index contributed by atoms with van der Waals surface area (Å²) in [6, 6.07) is 1.20. The van der Waals surface area contributed by atoms with Crippen molar-refractivity contribution in [2.24, 2.45) is 0 Å². The Morgan fingerprint density at radius 1 is 1.56 bits per heavy atom. The lowest BCUT2D eigenvalue weighted by Crippen LogP contribution is -2.44. The van der Waals surface area contributed by atoms with Crippen LogP contribution in [0.1, 0.15) is 24.2 Å². The quantitative estimate of drug-likeness (QED) is 0.890. The van der Waals surface area contributed by atoms with E-state index in [1.807, 2.05) is 6.92 Å². The Morgan fingerprint density at radius 3 is 2.75 bits per heavy atom. The SMILES string of the molecule is CCNC(=O)C(C)NC(=O)c1csc(Br)c1. The summed E-state index contributed by atoms with van der Waals surface area (Å²) < 4.78 is 0.892. The number of rotatable bonds is 4. The maximum atomic E-state index is 11.7. The van der Waals surface area contributed by atoms with Gasteiger partial charge in [0.05, 0.1) is 9.35 Å². The molecule has 2 N–H and O–H groups in total. The van der Waals surface area contributed by atoms with Gasteiger partial charge in [0.15, 0.2) is 0 Å². The monoisotopic (exact) mass is 304 g/mol. The molecule has 1 atom stereocenters. The number of thiophene rings is 1. The van der Waals surface area contributed by atoms with Gasteiger partial charge in [-0.3, -0.25) is 9.59 Å². The van der Waals surface area contributed by atoms with Crippen molar-refractivity contribution in [1.82, 2.24) is 10.6 Å². The molecule has 1 unspecified atom stereocenters. The van der Waals surface area contributed by atoms with Gasteiger partial charge in [0.2, 0.25) is 5.91 Å². The molecule has 6 heteroatoms. The average Bonchev–Trinajstić information content (AvgIpc) is 2.65. The first kappa shape index (κ1) is 13.2. The number of nitrogens with one attached hydrogen (secondary N) is 2. The van der Waals surface area contributed by atoms with Gasteiger partial charge in [0.1, 0.15) is 6.04 Å². The summed E-state index contributed by atoms with van der Waals surface area (Å²) in [5.74, 6) is -0.411. The van der Waals surface area contributed by atoms with E-state index in [4.69, 9.17) is 0 Å². The van der Waals surface area contributed by atoms with Crippen molar-refractivity contribution in [3.63, 3.8) is 0 Å². The smallest absolute Gasteiger partial charge is 0.252 e. The Labute approximate surface area is 107 Å². The predicted molar refractivity (Wildman–Crippen MR) is 67.6 cm³/mol. The second-order valence-electron chi connectivity index (χ2n) is 3.23. The number of carbonyl (C=O) groups is 2. The van der Waals surface area contributed by atoms with E-state index in [0.29, 0.717) is 12.1 Å². The number of halogens is 1. The lowest BCUT2D eigenvalue weighted by atomic mass is 10.2. The van der Waals surface area contributed by atoms with Crippen molar-refractivity contribution < 1.29 is 9.59 Å². The number of carbonyl (C=O) groups excluding carboxylic acids is 2. The second-order valence-corrected chi connectivity index (χ2v) is 5.52. The van der Waals surface area contributed by atoms with Gasteiger partial charge in [-0.05, 0) is 35.8 Å². The summed E-state index contributed by atoms with van der Waals surface area (Å²) in [4.78, 5) is 23.1. The molecular weight excluding hydrogens is 292 g/mol. The summed E-state index contributed by atoms with van der Waals surface area (Å²) in [6.45, 7) is 4.05. The lowest BCUT2D eigenvalue weighted by Gasteiger charge is -2.12. The number of amides is 2. The molecule has 0 fully saturated rings. The highest BCUT2D eigenvalue weighted by atomic mass is 79.9. The zero-order valence-electron chi connectivity index (χ0n) is 9.04. The highest BCUT2D eigenvalue weighted by Crippen LogP contribution is 2.20. The molecule has 1 aromatic heterocycles. The summed E-state index contributed by atoms with van der Waals surface area (Å²) in [5.41, 5.74) is 0.563. The zero-order chi connectivity index (χ0) is 12.1. The van der Waals surface area contributed by atoms with E-state index in [-0.39, 0.29) is 11.8 Å². The van der Waals surface area contributed by atoms with Crippen molar-refractivity contribution in [2.75, 3.05) is 6.54 Å². The largest absolute Gasteiger partial charge is 0.355 e. The van der Waals surface area contributed by atoms with Crippen LogP contribution in [0.25, 0.3) is 0 Å². The number of likely N-dealkylation sites (N-methyl/N-ethyl adjacent to an activating group) is 1. The van der Waals surface area contributed by atoms with Gasteiger partial charge in [0, 0.05) is 11.9 Å². The molecule has 1 rings (SSSR count). The van der Waals surface area contributed by atoms with E-state index in [2.05, 4.69) is 26.6 Å². The van der Waals surface area contributed by atoms with E-state index < -0.39 is 6.04 Å². The lowest BCUT2D eigenvalue weighted by molar-refractivity contribution is -0.122. The first-order chi connectivity index (χ1) is 7.54. The minimum Gasteiger partial charge on any atom is -0.355 e. The topological polar surface area (TPSA) is 58.2 Å². The Balaban J connectivity index is 2.54. The molecule has 16 heavy (non-hydrogen) atoms. The molecule has 0 aromatic carbocycles. The second kappa shape index (κ2) is 6.00. The summed E-state index contributed by atoms with van der Waals surface area (Å²) in [5, 5.41) is 7.02. The minimum atomic E-state index is -0.522. The van der Waals surface area contributed by atoms with Gasteiger partial charge < -0.3 is 10.6 Å². The third kappa shape index (κ3) is 3.61. The molecule has 1 aromatic rings. The summed E-state index contributed by atoms with van der Waals surface area (Å²) >= 11 is 4.71. The fourth-order valence-electron chi connectivity index (χ4n) is 1.10. The van der Waals surface area contributed by atoms with Crippen LogP contribution in [0.2, 0.25) is 0 Å². The molecule has 0 radical (unpaired) electrons. The third-order valence-electron chi connectivity index (χ3n) is 1.92. The van der Waals surface area contributed by atoms with E-state index in [1.165, 1.54) is 11.3 Å². The van der Waals surface area contributed by atoms with Crippen molar-refractivity contribution in [3.05, 3.63) is 20.8 Å². The van der Waals surface area contributed by atoms with E-state index in [9.17, 15) is 9.59 Å². The van der Waals surface area contributed by atoms with Gasteiger partial charge in [-0.25, -0.2) is 0 Å². The minimum absolute atomic E-state index is 0.176. The van der Waals surface area contributed by atoms with Crippen LogP contribution in [0.15, 0.2) is 15.2 Å². The van der Waals surface area contributed by atoms with E-state index in [0.717, 1.165) is 3.79 Å². The van der Waals surface area contributed by atoms with Gasteiger partial charge in [-0.2, -0.15) is 0 Å². The first-order valence-electron chi connectivity index (χ1n) is 4.87. The van der Waals surface area contributed by atoms with E-state index in [1.54, 1.807) is 18.4 Å². The zero-order valence-corrected chi connectivity index (χ0v) is 11.4. The van der Waals surface area contributed by atoms with Crippen LogP contribution in [0.5, 0.6) is 0 Å². The van der Waals surface area contributed by atoms with Crippen LogP contribution in [0.4, 0.5) is 0 Å². The fraction of sp³-hybridized carbons (Fsp3) is 0.400. The van der Waals surface area contributed by atoms with Crippen molar-refractivity contribution in [2.45, 2.75) is 19.9 Å². The molecule has 0 bridgehead atoms. The first-order valence-corrected chi connectivity index (χ1v) is 6.54. The highest BCUT2D eigenvalue weighted by molar-refractivity contribution is 9.11. The van der Waals surface area contributed by atoms with Crippen LogP contribution >= 0.6 is 27.3 Å². The average molecular weight is 305 g/mol. The molecule has 0 aliphatic heterocycles. The molecule has 2 amide bonds. The van der Waals surface area contributed by atoms with E-state index >= 15 is 0 Å². The molecule has 0 spiro atoms. The third-order valence-corrected chi connectivity index (χ3v) is 3.43. The summed E-state index contributed by atoms with van der Waals surface area (Å²) in [7, 11) is 0. The number of hydrogen-bond acceptors (Lipinski definition) is 3. The maximum absolute atomic E-state index is 11.7. The molecule has 4 nitrogen and oxygen atoms in total. The van der Waals surface area contributed by atoms with Crippen LogP contribution in [-0.2, 0) is 4.79 Å². The molecular formula is C10H13BrN2O2S. The van der Waals surface area contributed by atoms with Gasteiger partial charge in [-0.1, -0.05) is 0 Å². The predicted octanol–water partition coefficient (Wildman–Crippen LogP) is 1.76. The van der Waals surface area contributed by atoms with Crippen LogP contribution in [0, 0.1) is 0 Å². The van der Waals surface area contributed by atoms with Crippen molar-refractivity contribution in [1.29, 1.82) is 0 Å². The van der Waals surface area contributed by atoms with Crippen molar-refractivity contribution >= 4 is 39.1 Å².